The molecule has 0 saturated carbocycles. The van der Waals surface area contributed by atoms with Gasteiger partial charge in [0.1, 0.15) is 0 Å². The number of aliphatic hydroxyl groups excluding tert-OH is 1. The van der Waals surface area contributed by atoms with Gasteiger partial charge < -0.3 is 5.11 Å². The summed E-state index contributed by atoms with van der Waals surface area (Å²) >= 11 is 0. The van der Waals surface area contributed by atoms with E-state index in [0.717, 1.165) is 19.1 Å². The molecule has 1 rings (SSSR count). The quantitative estimate of drug-likeness (QED) is 0.714. The second kappa shape index (κ2) is 5.00. The number of nitriles is 1. The number of aryl methyl sites for hydroxylation is 1. The van der Waals surface area contributed by atoms with Crippen molar-refractivity contribution in [2.45, 2.75) is 12.8 Å². The van der Waals surface area contributed by atoms with Crippen LogP contribution in [0.5, 0.6) is 0 Å². The minimum absolute atomic E-state index is 0.682. The second-order valence-corrected chi connectivity index (χ2v) is 2.73. The maximum atomic E-state index is 8.55. The third-order valence-electron chi connectivity index (χ3n) is 1.79. The zero-order chi connectivity index (χ0) is 9.52. The molecular weight excluding hydrogens is 162 g/mol. The Morgan fingerprint density at radius 3 is 2.54 bits per heavy atom. The van der Waals surface area contributed by atoms with Crippen LogP contribution in [-0.4, -0.2) is 5.11 Å². The first kappa shape index (κ1) is 9.34. The van der Waals surface area contributed by atoms with E-state index in [0.29, 0.717) is 5.56 Å². The van der Waals surface area contributed by atoms with Crippen molar-refractivity contribution < 1.29 is 5.11 Å². The van der Waals surface area contributed by atoms with Crippen LogP contribution in [0, 0.1) is 11.3 Å². The minimum atomic E-state index is 0.682. The van der Waals surface area contributed by atoms with E-state index in [1.54, 1.807) is 18.2 Å². The molecule has 0 atom stereocenters. The molecule has 2 nitrogen and oxygen atoms in total. The number of benzene rings is 1. The van der Waals surface area contributed by atoms with Crippen molar-refractivity contribution in [3.8, 4) is 6.07 Å². The number of hydrogen-bond donors (Lipinski definition) is 1. The predicted octanol–water partition coefficient (Wildman–Crippen LogP) is 2.56. The smallest absolute Gasteiger partial charge is 0.0991 e. The maximum absolute atomic E-state index is 8.55. The van der Waals surface area contributed by atoms with E-state index in [-0.39, 0.29) is 0 Å². The molecule has 0 heterocycles. The van der Waals surface area contributed by atoms with Crippen LogP contribution >= 0.6 is 0 Å². The van der Waals surface area contributed by atoms with E-state index in [2.05, 4.69) is 6.07 Å². The summed E-state index contributed by atoms with van der Waals surface area (Å²) in [5.41, 5.74) is 1.86. The van der Waals surface area contributed by atoms with E-state index >= 15 is 0 Å². The van der Waals surface area contributed by atoms with Gasteiger partial charge in [-0.25, -0.2) is 0 Å². The lowest BCUT2D eigenvalue weighted by Crippen LogP contribution is -1.83. The Hall–Kier alpha value is -1.75. The first-order chi connectivity index (χ1) is 6.36. The lowest BCUT2D eigenvalue weighted by atomic mass is 10.1. The first-order valence-electron chi connectivity index (χ1n) is 4.15. The van der Waals surface area contributed by atoms with Crippen molar-refractivity contribution in [3.63, 3.8) is 0 Å². The zero-order valence-corrected chi connectivity index (χ0v) is 7.27. The Morgan fingerprint density at radius 1 is 1.31 bits per heavy atom. The molecule has 0 aliphatic rings. The van der Waals surface area contributed by atoms with Crippen LogP contribution in [0.15, 0.2) is 36.6 Å². The molecule has 2 heteroatoms. The van der Waals surface area contributed by atoms with Crippen LogP contribution in [0.2, 0.25) is 0 Å². The summed E-state index contributed by atoms with van der Waals surface area (Å²) in [7, 11) is 0. The highest BCUT2D eigenvalue weighted by atomic mass is 16.2. The Bertz CT molecular complexity index is 319. The van der Waals surface area contributed by atoms with Crippen molar-refractivity contribution in [3.05, 3.63) is 47.7 Å². The predicted molar refractivity (Wildman–Crippen MR) is 51.2 cm³/mol. The van der Waals surface area contributed by atoms with Crippen molar-refractivity contribution in [2.24, 2.45) is 0 Å². The average Bonchev–Trinajstić information content (AvgIpc) is 2.19. The van der Waals surface area contributed by atoms with Crippen molar-refractivity contribution >= 4 is 0 Å². The molecule has 1 aromatic rings. The van der Waals surface area contributed by atoms with Gasteiger partial charge in [-0.2, -0.15) is 5.26 Å². The zero-order valence-electron chi connectivity index (χ0n) is 7.27. The molecule has 0 aliphatic carbocycles. The Morgan fingerprint density at radius 2 is 2.00 bits per heavy atom. The van der Waals surface area contributed by atoms with Crippen molar-refractivity contribution in [2.75, 3.05) is 0 Å². The van der Waals surface area contributed by atoms with E-state index in [4.69, 9.17) is 10.4 Å². The molecule has 0 spiro atoms. The van der Waals surface area contributed by atoms with Gasteiger partial charge >= 0.3 is 0 Å². The standard InChI is InChI=1S/C11H11NO/c12-9-11-6-4-10(5-7-11)3-1-2-8-13/h2,4-8,13H,1,3H2. The van der Waals surface area contributed by atoms with Gasteiger partial charge in [0.05, 0.1) is 17.9 Å². The molecule has 66 valence electrons. The monoisotopic (exact) mass is 173 g/mol. The number of allylic oxidation sites excluding steroid dienone is 1. The van der Waals surface area contributed by atoms with Crippen LogP contribution in [0.1, 0.15) is 17.5 Å². The molecular formula is C11H11NO. The van der Waals surface area contributed by atoms with Gasteiger partial charge in [0.2, 0.25) is 0 Å². The molecule has 0 unspecified atom stereocenters. The maximum Gasteiger partial charge on any atom is 0.0991 e. The highest BCUT2D eigenvalue weighted by Crippen LogP contribution is 2.05. The van der Waals surface area contributed by atoms with Crippen molar-refractivity contribution in [1.29, 1.82) is 5.26 Å². The molecule has 0 aromatic heterocycles. The van der Waals surface area contributed by atoms with Crippen LogP contribution < -0.4 is 0 Å². The largest absolute Gasteiger partial charge is 0.516 e. The number of hydrogen-bond acceptors (Lipinski definition) is 2. The molecule has 0 amide bonds. The molecule has 0 bridgehead atoms. The summed E-state index contributed by atoms with van der Waals surface area (Å²) in [4.78, 5) is 0. The fourth-order valence-electron chi connectivity index (χ4n) is 1.07. The van der Waals surface area contributed by atoms with Gasteiger partial charge in [-0.1, -0.05) is 12.1 Å². The average molecular weight is 173 g/mol. The number of nitrogens with zero attached hydrogens (tertiary/aromatic N) is 1. The fraction of sp³-hybridized carbons (Fsp3) is 0.182. The normalized spacial score (nSPS) is 10.1. The lowest BCUT2D eigenvalue weighted by Gasteiger charge is -1.96. The third-order valence-corrected chi connectivity index (χ3v) is 1.79. The van der Waals surface area contributed by atoms with Gasteiger partial charge in [0.25, 0.3) is 0 Å². The molecule has 1 N–H and O–H groups in total. The third kappa shape index (κ3) is 3.00. The van der Waals surface area contributed by atoms with Gasteiger partial charge in [-0.3, -0.25) is 0 Å². The van der Waals surface area contributed by atoms with Crippen LogP contribution in [0.4, 0.5) is 0 Å². The van der Waals surface area contributed by atoms with Gasteiger partial charge in [-0.15, -0.1) is 0 Å². The summed E-state index contributed by atoms with van der Waals surface area (Å²) in [5.74, 6) is 0. The molecule has 1 aromatic carbocycles. The second-order valence-electron chi connectivity index (χ2n) is 2.73. The topological polar surface area (TPSA) is 44.0 Å². The molecule has 13 heavy (non-hydrogen) atoms. The summed E-state index contributed by atoms with van der Waals surface area (Å²) in [5, 5.41) is 17.0. The van der Waals surface area contributed by atoms with Gasteiger partial charge in [-0.05, 0) is 36.6 Å². The summed E-state index contributed by atoms with van der Waals surface area (Å²) in [6.45, 7) is 0. The Kier molecular flexibility index (Phi) is 3.59. The molecule has 0 saturated heterocycles. The molecule has 0 fully saturated rings. The Balaban J connectivity index is 2.55. The Labute approximate surface area is 77.8 Å². The van der Waals surface area contributed by atoms with Gasteiger partial charge in [0, 0.05) is 0 Å². The van der Waals surface area contributed by atoms with Crippen LogP contribution in [0.3, 0.4) is 0 Å². The molecule has 0 aliphatic heterocycles. The summed E-state index contributed by atoms with van der Waals surface area (Å²) < 4.78 is 0. The van der Waals surface area contributed by atoms with E-state index < -0.39 is 0 Å². The number of aliphatic hydroxyl groups is 1. The fourth-order valence-corrected chi connectivity index (χ4v) is 1.07. The van der Waals surface area contributed by atoms with Crippen molar-refractivity contribution in [1.82, 2.24) is 0 Å². The minimum Gasteiger partial charge on any atom is -0.516 e. The SMILES string of the molecule is N#Cc1ccc(CCC=CO)cc1. The van der Waals surface area contributed by atoms with E-state index in [1.807, 2.05) is 12.1 Å². The van der Waals surface area contributed by atoms with Crippen LogP contribution in [0.25, 0.3) is 0 Å². The first-order valence-corrected chi connectivity index (χ1v) is 4.15. The van der Waals surface area contributed by atoms with E-state index in [9.17, 15) is 0 Å². The van der Waals surface area contributed by atoms with Crippen LogP contribution in [-0.2, 0) is 6.42 Å². The number of rotatable bonds is 3. The highest BCUT2D eigenvalue weighted by molar-refractivity contribution is 5.31. The molecule has 0 radical (unpaired) electrons. The summed E-state index contributed by atoms with van der Waals surface area (Å²) in [6, 6.07) is 9.54. The van der Waals surface area contributed by atoms with Gasteiger partial charge in [0.15, 0.2) is 0 Å². The highest BCUT2D eigenvalue weighted by Gasteiger charge is 1.91. The lowest BCUT2D eigenvalue weighted by molar-refractivity contribution is 0.470. The van der Waals surface area contributed by atoms with E-state index in [1.165, 1.54) is 5.56 Å². The summed E-state index contributed by atoms with van der Waals surface area (Å²) in [6.07, 6.45) is 4.48.